The van der Waals surface area contributed by atoms with E-state index < -0.39 is 12.5 Å². The standard InChI is InChI=1S/C10H13F2NO/c1-7(13)8-2-3-10(9(12)6-8)14-5-4-11/h2-3,6-7H,4-5,13H2,1H3/t7-/m0/s1. The summed E-state index contributed by atoms with van der Waals surface area (Å²) in [5.74, 6) is -0.444. The Labute approximate surface area is 81.7 Å². The Bertz CT molecular complexity index is 302. The van der Waals surface area contributed by atoms with Gasteiger partial charge in [-0.3, -0.25) is 0 Å². The number of ether oxygens (including phenoxy) is 1. The lowest BCUT2D eigenvalue weighted by Crippen LogP contribution is -2.06. The zero-order chi connectivity index (χ0) is 10.6. The van der Waals surface area contributed by atoms with Crippen molar-refractivity contribution in [3.05, 3.63) is 29.6 Å². The van der Waals surface area contributed by atoms with E-state index in [2.05, 4.69) is 0 Å². The number of nitrogens with two attached hydrogens (primary N) is 1. The normalized spacial score (nSPS) is 12.6. The lowest BCUT2D eigenvalue weighted by atomic mass is 10.1. The van der Waals surface area contributed by atoms with Crippen molar-refractivity contribution in [2.45, 2.75) is 13.0 Å². The van der Waals surface area contributed by atoms with Crippen molar-refractivity contribution in [3.8, 4) is 5.75 Å². The first-order valence-electron chi connectivity index (χ1n) is 4.39. The molecule has 0 bridgehead atoms. The maximum atomic E-state index is 13.2. The minimum Gasteiger partial charge on any atom is -0.488 e. The first-order valence-corrected chi connectivity index (χ1v) is 4.39. The molecule has 0 unspecified atom stereocenters. The molecule has 0 aliphatic rings. The predicted octanol–water partition coefficient (Wildman–Crippen LogP) is 2.19. The van der Waals surface area contributed by atoms with E-state index in [1.165, 1.54) is 12.1 Å². The average molecular weight is 201 g/mol. The van der Waals surface area contributed by atoms with Gasteiger partial charge in [0.15, 0.2) is 11.6 Å². The fraction of sp³-hybridized carbons (Fsp3) is 0.400. The fourth-order valence-corrected chi connectivity index (χ4v) is 1.07. The van der Waals surface area contributed by atoms with Crippen molar-refractivity contribution in [2.75, 3.05) is 13.3 Å². The van der Waals surface area contributed by atoms with E-state index in [4.69, 9.17) is 10.5 Å². The molecule has 1 aromatic rings. The Hall–Kier alpha value is -1.16. The number of rotatable bonds is 4. The van der Waals surface area contributed by atoms with Gasteiger partial charge in [0.05, 0.1) is 0 Å². The highest BCUT2D eigenvalue weighted by molar-refractivity contribution is 5.30. The van der Waals surface area contributed by atoms with Crippen molar-refractivity contribution in [2.24, 2.45) is 5.73 Å². The Morgan fingerprint density at radius 1 is 1.50 bits per heavy atom. The lowest BCUT2D eigenvalue weighted by molar-refractivity contribution is 0.262. The number of alkyl halides is 1. The molecule has 0 amide bonds. The summed E-state index contributed by atoms with van der Waals surface area (Å²) in [6, 6.07) is 4.21. The van der Waals surface area contributed by atoms with Crippen LogP contribution in [0.1, 0.15) is 18.5 Å². The third kappa shape index (κ3) is 2.67. The Balaban J connectivity index is 2.79. The van der Waals surface area contributed by atoms with Crippen LogP contribution in [-0.4, -0.2) is 13.3 Å². The maximum absolute atomic E-state index is 13.2. The molecule has 1 rings (SSSR count). The van der Waals surface area contributed by atoms with Gasteiger partial charge in [-0.25, -0.2) is 8.78 Å². The molecular formula is C10H13F2NO. The van der Waals surface area contributed by atoms with Crippen molar-refractivity contribution in [1.29, 1.82) is 0 Å². The largest absolute Gasteiger partial charge is 0.488 e. The molecule has 2 nitrogen and oxygen atoms in total. The van der Waals surface area contributed by atoms with Gasteiger partial charge in [0, 0.05) is 6.04 Å². The SMILES string of the molecule is C[C@H](N)c1ccc(OCCF)c(F)c1. The van der Waals surface area contributed by atoms with Crippen LogP contribution < -0.4 is 10.5 Å². The van der Waals surface area contributed by atoms with Gasteiger partial charge in [0.25, 0.3) is 0 Å². The summed E-state index contributed by atoms with van der Waals surface area (Å²) in [5, 5.41) is 0. The van der Waals surface area contributed by atoms with Gasteiger partial charge in [-0.05, 0) is 24.6 Å². The summed E-state index contributed by atoms with van der Waals surface area (Å²) in [6.07, 6.45) is 0. The maximum Gasteiger partial charge on any atom is 0.165 e. The molecule has 0 saturated carbocycles. The van der Waals surface area contributed by atoms with Crippen LogP contribution in [0.3, 0.4) is 0 Å². The highest BCUT2D eigenvalue weighted by atomic mass is 19.1. The van der Waals surface area contributed by atoms with Gasteiger partial charge in [0.1, 0.15) is 13.3 Å². The van der Waals surface area contributed by atoms with Gasteiger partial charge < -0.3 is 10.5 Å². The van der Waals surface area contributed by atoms with Gasteiger partial charge >= 0.3 is 0 Å². The topological polar surface area (TPSA) is 35.2 Å². The Morgan fingerprint density at radius 2 is 2.21 bits per heavy atom. The fourth-order valence-electron chi connectivity index (χ4n) is 1.07. The van der Waals surface area contributed by atoms with Crippen molar-refractivity contribution in [3.63, 3.8) is 0 Å². The zero-order valence-corrected chi connectivity index (χ0v) is 7.97. The molecule has 0 aliphatic carbocycles. The molecule has 4 heteroatoms. The highest BCUT2D eigenvalue weighted by Crippen LogP contribution is 2.20. The minimum atomic E-state index is -0.630. The predicted molar refractivity (Wildman–Crippen MR) is 50.5 cm³/mol. The minimum absolute atomic E-state index is 0.0621. The number of benzene rings is 1. The summed E-state index contributed by atoms with van der Waals surface area (Å²) in [6.45, 7) is 1.000. The zero-order valence-electron chi connectivity index (χ0n) is 7.97. The summed E-state index contributed by atoms with van der Waals surface area (Å²) < 4.78 is 29.8. The van der Waals surface area contributed by atoms with Crippen molar-refractivity contribution >= 4 is 0 Å². The van der Waals surface area contributed by atoms with E-state index in [0.29, 0.717) is 5.56 Å². The van der Waals surface area contributed by atoms with E-state index in [1.54, 1.807) is 13.0 Å². The Morgan fingerprint density at radius 3 is 2.71 bits per heavy atom. The van der Waals surface area contributed by atoms with Gasteiger partial charge in [-0.15, -0.1) is 0 Å². The molecule has 0 spiro atoms. The van der Waals surface area contributed by atoms with Gasteiger partial charge in [0.2, 0.25) is 0 Å². The average Bonchev–Trinajstić information content (AvgIpc) is 2.15. The van der Waals surface area contributed by atoms with Gasteiger partial charge in [-0.1, -0.05) is 6.07 Å². The van der Waals surface area contributed by atoms with Crippen molar-refractivity contribution in [1.82, 2.24) is 0 Å². The molecule has 0 aliphatic heterocycles. The third-order valence-corrected chi connectivity index (χ3v) is 1.82. The molecule has 14 heavy (non-hydrogen) atoms. The van der Waals surface area contributed by atoms with Crippen LogP contribution in [-0.2, 0) is 0 Å². The molecule has 0 fully saturated rings. The molecule has 2 N–H and O–H groups in total. The lowest BCUT2D eigenvalue weighted by Gasteiger charge is -2.09. The highest BCUT2D eigenvalue weighted by Gasteiger charge is 2.06. The third-order valence-electron chi connectivity index (χ3n) is 1.82. The molecule has 1 atom stereocenters. The van der Waals surface area contributed by atoms with Crippen LogP contribution in [0.2, 0.25) is 0 Å². The molecule has 0 heterocycles. The van der Waals surface area contributed by atoms with Gasteiger partial charge in [-0.2, -0.15) is 0 Å². The van der Waals surface area contributed by atoms with Crippen LogP contribution in [0.5, 0.6) is 5.75 Å². The first-order chi connectivity index (χ1) is 6.65. The molecule has 0 saturated heterocycles. The second-order valence-electron chi connectivity index (χ2n) is 3.02. The molecular weight excluding hydrogens is 188 g/mol. The van der Waals surface area contributed by atoms with Crippen LogP contribution in [0.25, 0.3) is 0 Å². The summed E-state index contributed by atoms with van der Waals surface area (Å²) in [5.41, 5.74) is 6.26. The molecule has 78 valence electrons. The summed E-state index contributed by atoms with van der Waals surface area (Å²) in [7, 11) is 0. The second-order valence-corrected chi connectivity index (χ2v) is 3.02. The second kappa shape index (κ2) is 4.91. The van der Waals surface area contributed by atoms with E-state index in [9.17, 15) is 8.78 Å². The van der Waals surface area contributed by atoms with Crippen molar-refractivity contribution < 1.29 is 13.5 Å². The van der Waals surface area contributed by atoms with Crippen LogP contribution in [0, 0.1) is 5.82 Å². The molecule has 0 aromatic heterocycles. The Kier molecular flexibility index (Phi) is 3.83. The quantitative estimate of drug-likeness (QED) is 0.810. The molecule has 0 radical (unpaired) electrons. The number of halogens is 2. The molecule has 1 aromatic carbocycles. The number of hydrogen-bond acceptors (Lipinski definition) is 2. The van der Waals surface area contributed by atoms with Crippen LogP contribution in [0.4, 0.5) is 8.78 Å². The monoisotopic (exact) mass is 201 g/mol. The number of hydrogen-bond donors (Lipinski definition) is 1. The van der Waals surface area contributed by atoms with E-state index in [-0.39, 0.29) is 18.4 Å². The van der Waals surface area contributed by atoms with Crippen LogP contribution >= 0.6 is 0 Å². The van der Waals surface area contributed by atoms with E-state index >= 15 is 0 Å². The summed E-state index contributed by atoms with van der Waals surface area (Å²) >= 11 is 0. The van der Waals surface area contributed by atoms with E-state index in [1.807, 2.05) is 0 Å². The first kappa shape index (κ1) is 10.9. The smallest absolute Gasteiger partial charge is 0.165 e. The van der Waals surface area contributed by atoms with Crippen LogP contribution in [0.15, 0.2) is 18.2 Å². The van der Waals surface area contributed by atoms with E-state index in [0.717, 1.165) is 0 Å². The summed E-state index contributed by atoms with van der Waals surface area (Å²) in [4.78, 5) is 0.